The molecule has 220 valence electrons. The summed E-state index contributed by atoms with van der Waals surface area (Å²) in [6, 6.07) is 17.6. The van der Waals surface area contributed by atoms with Gasteiger partial charge in [0.05, 0.1) is 17.2 Å². The molecule has 3 aromatic carbocycles. The number of hydrogen-bond donors (Lipinski definition) is 1. The zero-order chi connectivity index (χ0) is 30.2. The van der Waals surface area contributed by atoms with Crippen molar-refractivity contribution in [2.24, 2.45) is 0 Å². The molecule has 0 aromatic heterocycles. The molecule has 0 saturated heterocycles. The summed E-state index contributed by atoms with van der Waals surface area (Å²) in [6.45, 7) is 6.26. The number of nitrogens with zero attached hydrogens (tertiary/aromatic N) is 2. The lowest BCUT2D eigenvalue weighted by Crippen LogP contribution is -2.52. The zero-order valence-electron chi connectivity index (χ0n) is 23.8. The summed E-state index contributed by atoms with van der Waals surface area (Å²) in [5.74, 6) is -1.39. The molecule has 0 bridgehead atoms. The van der Waals surface area contributed by atoms with Crippen molar-refractivity contribution in [3.63, 3.8) is 0 Å². The molecule has 1 atom stereocenters. The first-order chi connectivity index (χ1) is 19.5. The first-order valence-electron chi connectivity index (χ1n) is 13.2. The van der Waals surface area contributed by atoms with E-state index in [1.807, 2.05) is 6.26 Å². The van der Waals surface area contributed by atoms with E-state index in [4.69, 9.17) is 4.74 Å². The fourth-order valence-corrected chi connectivity index (χ4v) is 5.96. The number of nitrogens with one attached hydrogen (secondary N) is 1. The van der Waals surface area contributed by atoms with E-state index >= 15 is 0 Å². The summed E-state index contributed by atoms with van der Waals surface area (Å²) in [5.41, 5.74) is 0.364. The Labute approximate surface area is 245 Å². The van der Waals surface area contributed by atoms with E-state index in [1.54, 1.807) is 63.2 Å². The smallest absolute Gasteiger partial charge is 0.264 e. The standard InChI is InChI=1S/C30H36FN3O5S2/c1-6-39-28-14-10-9-13-27(28)34(41(37,38)25-17-15-24(40-5)16-18-25)20-29(35)33(22(4)30(36)32-21(2)3)19-23-11-7-8-12-26(23)31/h7-18,21-22H,6,19-20H2,1-5H3,(H,32,36). The lowest BCUT2D eigenvalue weighted by atomic mass is 10.1. The predicted molar refractivity (Wildman–Crippen MR) is 160 cm³/mol. The number of para-hydroxylation sites is 2. The number of ether oxygens (including phenoxy) is 1. The number of benzene rings is 3. The summed E-state index contributed by atoms with van der Waals surface area (Å²) in [5, 5.41) is 2.78. The molecule has 0 spiro atoms. The summed E-state index contributed by atoms with van der Waals surface area (Å²) in [6.07, 6.45) is 1.88. The second-order valence-electron chi connectivity index (χ2n) is 9.54. The average Bonchev–Trinajstić information content (AvgIpc) is 2.95. The van der Waals surface area contributed by atoms with Crippen molar-refractivity contribution in [3.8, 4) is 5.75 Å². The van der Waals surface area contributed by atoms with Gasteiger partial charge >= 0.3 is 0 Å². The van der Waals surface area contributed by atoms with Crippen LogP contribution in [-0.4, -0.2) is 56.6 Å². The number of carbonyl (C=O) groups excluding carboxylic acids is 2. The number of rotatable bonds is 13. The molecule has 0 heterocycles. The Bertz CT molecular complexity index is 1450. The number of amides is 2. The van der Waals surface area contributed by atoms with Crippen LogP contribution in [0.5, 0.6) is 5.75 Å². The van der Waals surface area contributed by atoms with Gasteiger partial charge in [0.2, 0.25) is 11.8 Å². The lowest BCUT2D eigenvalue weighted by Gasteiger charge is -2.32. The average molecular weight is 602 g/mol. The van der Waals surface area contributed by atoms with Crippen molar-refractivity contribution >= 4 is 39.3 Å². The first-order valence-corrected chi connectivity index (χ1v) is 15.9. The topological polar surface area (TPSA) is 96.0 Å². The summed E-state index contributed by atoms with van der Waals surface area (Å²) < 4.78 is 49.5. The van der Waals surface area contributed by atoms with E-state index in [9.17, 15) is 22.4 Å². The van der Waals surface area contributed by atoms with Crippen LogP contribution in [0.1, 0.15) is 33.3 Å². The van der Waals surface area contributed by atoms with Gasteiger partial charge in [0.15, 0.2) is 0 Å². The minimum Gasteiger partial charge on any atom is -0.492 e. The maximum atomic E-state index is 14.7. The fraction of sp³-hybridized carbons (Fsp3) is 0.333. The third-order valence-corrected chi connectivity index (χ3v) is 8.77. The van der Waals surface area contributed by atoms with Gasteiger partial charge in [-0.05, 0) is 76.4 Å². The Morgan fingerprint density at radius 3 is 2.22 bits per heavy atom. The monoisotopic (exact) mass is 601 g/mol. The Kier molecular flexibility index (Phi) is 11.2. The van der Waals surface area contributed by atoms with Crippen molar-refractivity contribution < 1.29 is 27.1 Å². The SMILES string of the molecule is CCOc1ccccc1N(CC(=O)N(Cc1ccccc1F)C(C)C(=O)NC(C)C)S(=O)(=O)c1ccc(SC)cc1. The van der Waals surface area contributed by atoms with Crippen molar-refractivity contribution in [2.45, 2.75) is 56.1 Å². The van der Waals surface area contributed by atoms with Crippen LogP contribution in [0.25, 0.3) is 0 Å². The number of halogens is 1. The number of hydrogen-bond acceptors (Lipinski definition) is 6. The maximum Gasteiger partial charge on any atom is 0.264 e. The lowest BCUT2D eigenvalue weighted by molar-refractivity contribution is -0.139. The van der Waals surface area contributed by atoms with Crippen LogP contribution in [0.4, 0.5) is 10.1 Å². The Hall–Kier alpha value is -3.57. The number of carbonyl (C=O) groups is 2. The Morgan fingerprint density at radius 1 is 0.976 bits per heavy atom. The molecule has 0 aliphatic carbocycles. The minimum absolute atomic E-state index is 0.0133. The molecule has 0 fully saturated rings. The highest BCUT2D eigenvalue weighted by Crippen LogP contribution is 2.33. The van der Waals surface area contributed by atoms with Gasteiger partial charge in [-0.25, -0.2) is 12.8 Å². The van der Waals surface area contributed by atoms with Crippen molar-refractivity contribution in [1.29, 1.82) is 0 Å². The minimum atomic E-state index is -4.27. The normalized spacial score (nSPS) is 12.1. The number of thioether (sulfide) groups is 1. The van der Waals surface area contributed by atoms with Gasteiger partial charge in [-0.1, -0.05) is 30.3 Å². The van der Waals surface area contributed by atoms with E-state index in [2.05, 4.69) is 5.32 Å². The fourth-order valence-electron chi connectivity index (χ4n) is 4.13. The summed E-state index contributed by atoms with van der Waals surface area (Å²) in [4.78, 5) is 29.0. The molecule has 0 radical (unpaired) electrons. The molecule has 1 unspecified atom stereocenters. The summed E-state index contributed by atoms with van der Waals surface area (Å²) >= 11 is 1.47. The third kappa shape index (κ3) is 8.01. The van der Waals surface area contributed by atoms with Crippen LogP contribution in [0.15, 0.2) is 82.6 Å². The molecule has 0 aliphatic heterocycles. The number of sulfonamides is 1. The van der Waals surface area contributed by atoms with Gasteiger partial charge in [-0.2, -0.15) is 0 Å². The third-order valence-electron chi connectivity index (χ3n) is 6.26. The molecule has 41 heavy (non-hydrogen) atoms. The molecule has 0 aliphatic rings. The molecular weight excluding hydrogens is 565 g/mol. The first kappa shape index (κ1) is 32.0. The molecule has 11 heteroatoms. The molecule has 1 N–H and O–H groups in total. The second kappa shape index (κ2) is 14.4. The quantitative estimate of drug-likeness (QED) is 0.275. The molecule has 3 rings (SSSR count). The molecule has 0 saturated carbocycles. The molecular formula is C30H36FN3O5S2. The van der Waals surface area contributed by atoms with Crippen LogP contribution in [0.2, 0.25) is 0 Å². The van der Waals surface area contributed by atoms with Crippen LogP contribution in [0.3, 0.4) is 0 Å². The number of anilines is 1. The highest BCUT2D eigenvalue weighted by molar-refractivity contribution is 7.98. The van der Waals surface area contributed by atoms with Gasteiger partial charge in [-0.15, -0.1) is 11.8 Å². The van der Waals surface area contributed by atoms with Crippen LogP contribution < -0.4 is 14.4 Å². The summed E-state index contributed by atoms with van der Waals surface area (Å²) in [7, 11) is -4.27. The zero-order valence-corrected chi connectivity index (χ0v) is 25.5. The van der Waals surface area contributed by atoms with E-state index in [0.717, 1.165) is 9.20 Å². The van der Waals surface area contributed by atoms with Gasteiger partial charge in [-0.3, -0.25) is 13.9 Å². The van der Waals surface area contributed by atoms with Crippen molar-refractivity contribution in [1.82, 2.24) is 10.2 Å². The predicted octanol–water partition coefficient (Wildman–Crippen LogP) is 5.08. The van der Waals surface area contributed by atoms with E-state index < -0.39 is 40.2 Å². The van der Waals surface area contributed by atoms with Crippen molar-refractivity contribution in [2.75, 3.05) is 23.7 Å². The van der Waals surface area contributed by atoms with Gasteiger partial charge in [0.25, 0.3) is 10.0 Å². The maximum absolute atomic E-state index is 14.7. The van der Waals surface area contributed by atoms with Crippen LogP contribution in [0, 0.1) is 5.82 Å². The highest BCUT2D eigenvalue weighted by atomic mass is 32.2. The van der Waals surface area contributed by atoms with E-state index in [1.165, 1.54) is 53.9 Å². The van der Waals surface area contributed by atoms with Gasteiger partial charge in [0, 0.05) is 23.0 Å². The largest absolute Gasteiger partial charge is 0.492 e. The highest BCUT2D eigenvalue weighted by Gasteiger charge is 2.34. The van der Waals surface area contributed by atoms with Gasteiger partial charge in [0.1, 0.15) is 24.2 Å². The van der Waals surface area contributed by atoms with Crippen LogP contribution >= 0.6 is 11.8 Å². The Morgan fingerprint density at radius 2 is 1.61 bits per heavy atom. The molecule has 8 nitrogen and oxygen atoms in total. The van der Waals surface area contributed by atoms with Gasteiger partial charge < -0.3 is 15.0 Å². The Balaban J connectivity index is 2.10. The van der Waals surface area contributed by atoms with E-state index in [0.29, 0.717) is 0 Å². The molecule has 2 amide bonds. The molecule has 3 aromatic rings. The second-order valence-corrected chi connectivity index (χ2v) is 12.3. The van der Waals surface area contributed by atoms with Crippen molar-refractivity contribution in [3.05, 3.63) is 84.2 Å². The van der Waals surface area contributed by atoms with E-state index in [-0.39, 0.29) is 41.1 Å². The van der Waals surface area contributed by atoms with Crippen LogP contribution in [-0.2, 0) is 26.2 Å².